The van der Waals surface area contributed by atoms with Gasteiger partial charge in [0.25, 0.3) is 0 Å². The van der Waals surface area contributed by atoms with Gasteiger partial charge in [-0.15, -0.1) is 0 Å². The van der Waals surface area contributed by atoms with Crippen molar-refractivity contribution in [3.63, 3.8) is 0 Å². The summed E-state index contributed by atoms with van der Waals surface area (Å²) in [5, 5.41) is 0. The molecule has 0 bridgehead atoms. The van der Waals surface area contributed by atoms with Gasteiger partial charge >= 0.3 is 0 Å². The van der Waals surface area contributed by atoms with Gasteiger partial charge in [-0.3, -0.25) is 0 Å². The molecule has 0 fully saturated rings. The zero-order valence-electron chi connectivity index (χ0n) is 11.2. The van der Waals surface area contributed by atoms with Crippen molar-refractivity contribution in [2.45, 2.75) is 32.8 Å². The number of hydrogen-bond acceptors (Lipinski definition) is 2. The highest BCUT2D eigenvalue weighted by atomic mass is 19.1. The van der Waals surface area contributed by atoms with Gasteiger partial charge in [-0.1, -0.05) is 13.0 Å². The summed E-state index contributed by atoms with van der Waals surface area (Å²) in [6.07, 6.45) is 1.75. The van der Waals surface area contributed by atoms with Gasteiger partial charge in [-0.2, -0.15) is 0 Å². The van der Waals surface area contributed by atoms with Gasteiger partial charge in [0.1, 0.15) is 11.6 Å². The molecular weight excluding hydrogens is 217 g/mol. The van der Waals surface area contributed by atoms with Crippen molar-refractivity contribution in [1.29, 1.82) is 0 Å². The van der Waals surface area contributed by atoms with Gasteiger partial charge in [-0.05, 0) is 45.5 Å². The first-order valence-corrected chi connectivity index (χ1v) is 6.12. The lowest BCUT2D eigenvalue weighted by Gasteiger charge is -2.17. The topological polar surface area (TPSA) is 12.5 Å². The largest absolute Gasteiger partial charge is 0.491 e. The summed E-state index contributed by atoms with van der Waals surface area (Å²) in [7, 11) is 4.06. The van der Waals surface area contributed by atoms with Gasteiger partial charge in [0.15, 0.2) is 0 Å². The number of aryl methyl sites for hydroxylation is 1. The van der Waals surface area contributed by atoms with Crippen molar-refractivity contribution in [3.05, 3.63) is 29.6 Å². The molecule has 0 saturated carbocycles. The Morgan fingerprint density at radius 2 is 2.06 bits per heavy atom. The summed E-state index contributed by atoms with van der Waals surface area (Å²) in [5.41, 5.74) is 0.735. The van der Waals surface area contributed by atoms with Gasteiger partial charge < -0.3 is 9.64 Å². The molecule has 0 N–H and O–H groups in total. The zero-order valence-corrected chi connectivity index (χ0v) is 11.2. The normalized spacial score (nSPS) is 12.8. The van der Waals surface area contributed by atoms with E-state index in [-0.39, 0.29) is 11.9 Å². The van der Waals surface area contributed by atoms with Gasteiger partial charge in [0, 0.05) is 12.6 Å². The van der Waals surface area contributed by atoms with Crippen molar-refractivity contribution in [2.75, 3.05) is 20.6 Å². The SMILES string of the molecule is CCc1ccc(OC(C)CCN(C)C)cc1F. The maximum Gasteiger partial charge on any atom is 0.130 e. The lowest BCUT2D eigenvalue weighted by Crippen LogP contribution is -2.21. The highest BCUT2D eigenvalue weighted by molar-refractivity contribution is 5.29. The van der Waals surface area contributed by atoms with E-state index < -0.39 is 0 Å². The quantitative estimate of drug-likeness (QED) is 0.756. The lowest BCUT2D eigenvalue weighted by molar-refractivity contribution is 0.194. The molecule has 1 aromatic carbocycles. The monoisotopic (exact) mass is 239 g/mol. The Labute approximate surface area is 103 Å². The molecule has 0 aliphatic rings. The van der Waals surface area contributed by atoms with Crippen LogP contribution in [0.15, 0.2) is 18.2 Å². The molecule has 1 rings (SSSR count). The van der Waals surface area contributed by atoms with Gasteiger partial charge in [0.2, 0.25) is 0 Å². The third-order valence-electron chi connectivity index (χ3n) is 2.73. The minimum Gasteiger partial charge on any atom is -0.491 e. The van der Waals surface area contributed by atoms with Crippen LogP contribution in [0.4, 0.5) is 4.39 Å². The summed E-state index contributed by atoms with van der Waals surface area (Å²) < 4.78 is 19.2. The molecule has 96 valence electrons. The predicted octanol–water partition coefficient (Wildman–Crippen LogP) is 3.11. The first-order valence-electron chi connectivity index (χ1n) is 6.12. The number of ether oxygens (including phenoxy) is 1. The van der Waals surface area contributed by atoms with E-state index in [1.165, 1.54) is 6.07 Å². The van der Waals surface area contributed by atoms with Crippen LogP contribution in [0.1, 0.15) is 25.8 Å². The van der Waals surface area contributed by atoms with E-state index in [4.69, 9.17) is 4.74 Å². The fraction of sp³-hybridized carbons (Fsp3) is 0.571. The summed E-state index contributed by atoms with van der Waals surface area (Å²) in [6.45, 7) is 4.92. The maximum atomic E-state index is 13.5. The fourth-order valence-electron chi connectivity index (χ4n) is 1.62. The van der Waals surface area contributed by atoms with Crippen molar-refractivity contribution in [3.8, 4) is 5.75 Å². The van der Waals surface area contributed by atoms with Gasteiger partial charge in [0.05, 0.1) is 6.10 Å². The van der Waals surface area contributed by atoms with Crippen LogP contribution in [-0.4, -0.2) is 31.6 Å². The Balaban J connectivity index is 2.53. The van der Waals surface area contributed by atoms with E-state index in [1.54, 1.807) is 6.07 Å². The molecule has 1 aromatic rings. The minimum atomic E-state index is -0.176. The summed E-state index contributed by atoms with van der Waals surface area (Å²) >= 11 is 0. The summed E-state index contributed by atoms with van der Waals surface area (Å²) in [5.74, 6) is 0.441. The Morgan fingerprint density at radius 3 is 2.59 bits per heavy atom. The summed E-state index contributed by atoms with van der Waals surface area (Å²) in [6, 6.07) is 5.11. The number of nitrogens with zero attached hydrogens (tertiary/aromatic N) is 1. The van der Waals surface area contributed by atoms with E-state index in [2.05, 4.69) is 4.90 Å². The molecule has 2 nitrogen and oxygen atoms in total. The smallest absolute Gasteiger partial charge is 0.130 e. The van der Waals surface area contributed by atoms with Crippen LogP contribution >= 0.6 is 0 Å². The molecule has 0 aromatic heterocycles. The highest BCUT2D eigenvalue weighted by Gasteiger charge is 2.07. The van der Waals surface area contributed by atoms with E-state index in [1.807, 2.05) is 34.0 Å². The zero-order chi connectivity index (χ0) is 12.8. The second-order valence-corrected chi connectivity index (χ2v) is 4.63. The molecule has 0 aliphatic heterocycles. The predicted molar refractivity (Wildman–Crippen MR) is 69.0 cm³/mol. The average molecular weight is 239 g/mol. The maximum absolute atomic E-state index is 13.5. The molecule has 0 aliphatic carbocycles. The van der Waals surface area contributed by atoms with Crippen LogP contribution < -0.4 is 4.74 Å². The standard InChI is InChI=1S/C14H22FNO/c1-5-12-6-7-13(10-14(12)15)17-11(2)8-9-16(3)4/h6-7,10-11H,5,8-9H2,1-4H3. The summed E-state index contributed by atoms with van der Waals surface area (Å²) in [4.78, 5) is 2.11. The van der Waals surface area contributed by atoms with Crippen LogP contribution in [0.5, 0.6) is 5.75 Å². The second kappa shape index (κ2) is 6.60. The van der Waals surface area contributed by atoms with Crippen LogP contribution in [0.25, 0.3) is 0 Å². The third-order valence-corrected chi connectivity index (χ3v) is 2.73. The molecule has 0 spiro atoms. The van der Waals surface area contributed by atoms with E-state index >= 15 is 0 Å². The van der Waals surface area contributed by atoms with Crippen LogP contribution in [0.3, 0.4) is 0 Å². The Morgan fingerprint density at radius 1 is 1.35 bits per heavy atom. The molecule has 1 atom stereocenters. The Kier molecular flexibility index (Phi) is 5.42. The number of hydrogen-bond donors (Lipinski definition) is 0. The van der Waals surface area contributed by atoms with Crippen molar-refractivity contribution in [1.82, 2.24) is 4.90 Å². The molecular formula is C14H22FNO. The number of halogens is 1. The highest BCUT2D eigenvalue weighted by Crippen LogP contribution is 2.18. The molecule has 17 heavy (non-hydrogen) atoms. The molecule has 3 heteroatoms. The van der Waals surface area contributed by atoms with Crippen molar-refractivity contribution < 1.29 is 9.13 Å². The third kappa shape index (κ3) is 4.73. The van der Waals surface area contributed by atoms with Crippen LogP contribution in [0, 0.1) is 5.82 Å². The first kappa shape index (κ1) is 14.0. The first-order chi connectivity index (χ1) is 8.02. The van der Waals surface area contributed by atoms with E-state index in [9.17, 15) is 4.39 Å². The Hall–Kier alpha value is -1.09. The number of rotatable bonds is 6. The molecule has 0 saturated heterocycles. The average Bonchev–Trinajstić information content (AvgIpc) is 2.26. The molecule has 0 radical (unpaired) electrons. The molecule has 0 amide bonds. The van der Waals surface area contributed by atoms with Gasteiger partial charge in [-0.25, -0.2) is 4.39 Å². The molecule has 1 unspecified atom stereocenters. The Bertz CT molecular complexity index is 352. The molecule has 0 heterocycles. The van der Waals surface area contributed by atoms with Crippen molar-refractivity contribution in [2.24, 2.45) is 0 Å². The lowest BCUT2D eigenvalue weighted by atomic mass is 10.1. The van der Waals surface area contributed by atoms with Crippen molar-refractivity contribution >= 4 is 0 Å². The van der Waals surface area contributed by atoms with E-state index in [0.717, 1.165) is 18.5 Å². The van der Waals surface area contributed by atoms with Crippen LogP contribution in [-0.2, 0) is 6.42 Å². The number of benzene rings is 1. The minimum absolute atomic E-state index is 0.101. The van der Waals surface area contributed by atoms with Crippen LogP contribution in [0.2, 0.25) is 0 Å². The second-order valence-electron chi connectivity index (χ2n) is 4.63. The van der Waals surface area contributed by atoms with E-state index in [0.29, 0.717) is 12.2 Å². The fourth-order valence-corrected chi connectivity index (χ4v) is 1.62.